The minimum atomic E-state index is 0.00651. The van der Waals surface area contributed by atoms with E-state index < -0.39 is 0 Å². The molecule has 3 heteroatoms. The average Bonchev–Trinajstić information content (AvgIpc) is 2.67. The molecule has 0 aromatic rings. The summed E-state index contributed by atoms with van der Waals surface area (Å²) >= 11 is 2.07. The van der Waals surface area contributed by atoms with Crippen molar-refractivity contribution in [3.05, 3.63) is 0 Å². The smallest absolute Gasteiger partial charge is 0.0616 e. The van der Waals surface area contributed by atoms with Crippen molar-refractivity contribution in [1.82, 2.24) is 5.32 Å². The molecule has 2 nitrogen and oxygen atoms in total. The van der Waals surface area contributed by atoms with E-state index >= 15 is 0 Å². The summed E-state index contributed by atoms with van der Waals surface area (Å²) in [6, 6.07) is 0.459. The maximum atomic E-state index is 9.81. The molecule has 2 N–H and O–H groups in total. The lowest BCUT2D eigenvalue weighted by Crippen LogP contribution is -2.54. The van der Waals surface area contributed by atoms with Crippen LogP contribution in [-0.2, 0) is 0 Å². The van der Waals surface area contributed by atoms with Crippen molar-refractivity contribution in [3.63, 3.8) is 0 Å². The van der Waals surface area contributed by atoms with Crippen LogP contribution in [0.5, 0.6) is 0 Å². The molecule has 2 unspecified atom stereocenters. The van der Waals surface area contributed by atoms with Gasteiger partial charge in [0.1, 0.15) is 0 Å². The average molecular weight is 273 g/mol. The second-order valence-corrected chi connectivity index (χ2v) is 7.61. The third-order valence-corrected chi connectivity index (χ3v) is 5.30. The van der Waals surface area contributed by atoms with E-state index in [-0.39, 0.29) is 5.54 Å². The van der Waals surface area contributed by atoms with Crippen molar-refractivity contribution in [1.29, 1.82) is 0 Å². The fourth-order valence-electron chi connectivity index (χ4n) is 3.13. The predicted octanol–water partition coefficient (Wildman–Crippen LogP) is 3.29. The number of nitrogens with one attached hydrogen (secondary N) is 1. The van der Waals surface area contributed by atoms with E-state index in [0.717, 1.165) is 12.3 Å². The molecule has 0 spiro atoms. The molecule has 1 rings (SSSR count). The molecule has 0 heterocycles. The van der Waals surface area contributed by atoms with Crippen molar-refractivity contribution in [2.24, 2.45) is 11.8 Å². The zero-order valence-corrected chi connectivity index (χ0v) is 13.4. The Morgan fingerprint density at radius 3 is 2.61 bits per heavy atom. The van der Waals surface area contributed by atoms with Gasteiger partial charge in [-0.05, 0) is 42.6 Å². The molecule has 0 aromatic heterocycles. The zero-order chi connectivity index (χ0) is 13.6. The molecule has 1 aliphatic rings. The molecule has 0 aromatic carbocycles. The number of aliphatic hydroxyl groups is 1. The van der Waals surface area contributed by atoms with Gasteiger partial charge in [0.2, 0.25) is 0 Å². The highest BCUT2D eigenvalue weighted by Gasteiger charge is 2.41. The van der Waals surface area contributed by atoms with Crippen LogP contribution in [0.25, 0.3) is 0 Å². The van der Waals surface area contributed by atoms with Crippen LogP contribution >= 0.6 is 11.8 Å². The molecular formula is C15H31NOS. The monoisotopic (exact) mass is 273 g/mol. The highest BCUT2D eigenvalue weighted by Crippen LogP contribution is 2.38. The van der Waals surface area contributed by atoms with Crippen molar-refractivity contribution in [3.8, 4) is 0 Å². The van der Waals surface area contributed by atoms with Gasteiger partial charge in [-0.3, -0.25) is 0 Å². The summed E-state index contributed by atoms with van der Waals surface area (Å²) < 4.78 is 0. The van der Waals surface area contributed by atoms with Crippen molar-refractivity contribution < 1.29 is 5.11 Å². The Hall–Kier alpha value is 0.270. The number of rotatable bonds is 8. The van der Waals surface area contributed by atoms with E-state index in [4.69, 9.17) is 0 Å². The molecule has 0 bridgehead atoms. The summed E-state index contributed by atoms with van der Waals surface area (Å²) in [5.74, 6) is 3.94. The van der Waals surface area contributed by atoms with E-state index in [1.165, 1.54) is 30.8 Å². The molecule has 1 aliphatic carbocycles. The second-order valence-electron chi connectivity index (χ2n) is 6.46. The summed E-state index contributed by atoms with van der Waals surface area (Å²) in [5.41, 5.74) is 0.00651. The summed E-state index contributed by atoms with van der Waals surface area (Å²) in [6.07, 6.45) is 4.93. The first-order valence-electron chi connectivity index (χ1n) is 7.46. The third-order valence-electron chi connectivity index (χ3n) is 3.88. The molecule has 1 fully saturated rings. The lowest BCUT2D eigenvalue weighted by Gasteiger charge is -2.37. The van der Waals surface area contributed by atoms with Crippen LogP contribution in [-0.4, -0.2) is 34.8 Å². The van der Waals surface area contributed by atoms with Crippen LogP contribution in [0, 0.1) is 11.8 Å². The van der Waals surface area contributed by atoms with E-state index in [2.05, 4.69) is 44.8 Å². The molecule has 0 amide bonds. The predicted molar refractivity (Wildman–Crippen MR) is 82.2 cm³/mol. The third kappa shape index (κ3) is 4.75. The van der Waals surface area contributed by atoms with Crippen molar-refractivity contribution in [2.75, 3.05) is 18.1 Å². The van der Waals surface area contributed by atoms with E-state index in [9.17, 15) is 5.11 Å². The first-order valence-corrected chi connectivity index (χ1v) is 8.62. The maximum Gasteiger partial charge on any atom is 0.0616 e. The first kappa shape index (κ1) is 16.3. The molecule has 0 radical (unpaired) electrons. The van der Waals surface area contributed by atoms with E-state index in [1.807, 2.05) is 0 Å². The van der Waals surface area contributed by atoms with Crippen LogP contribution in [0.3, 0.4) is 0 Å². The van der Waals surface area contributed by atoms with Gasteiger partial charge in [-0.15, -0.1) is 0 Å². The Kier molecular flexibility index (Phi) is 7.04. The van der Waals surface area contributed by atoms with Crippen molar-refractivity contribution >= 4 is 11.8 Å². The van der Waals surface area contributed by atoms with Gasteiger partial charge in [0.25, 0.3) is 0 Å². The highest BCUT2D eigenvalue weighted by atomic mass is 32.2. The van der Waals surface area contributed by atoms with E-state index in [1.54, 1.807) is 0 Å². The van der Waals surface area contributed by atoms with Gasteiger partial charge in [0.05, 0.1) is 6.61 Å². The largest absolute Gasteiger partial charge is 0.394 e. The van der Waals surface area contributed by atoms with Gasteiger partial charge < -0.3 is 10.4 Å². The molecular weight excluding hydrogens is 242 g/mol. The van der Waals surface area contributed by atoms with Gasteiger partial charge in [-0.2, -0.15) is 11.8 Å². The highest BCUT2D eigenvalue weighted by molar-refractivity contribution is 7.99. The molecule has 0 saturated heterocycles. The molecule has 108 valence electrons. The Balaban J connectivity index is 2.42. The summed E-state index contributed by atoms with van der Waals surface area (Å²) in [6.45, 7) is 9.22. The topological polar surface area (TPSA) is 32.3 Å². The normalized spacial score (nSPS) is 28.5. The Labute approximate surface area is 117 Å². The minimum Gasteiger partial charge on any atom is -0.394 e. The van der Waals surface area contributed by atoms with Gasteiger partial charge in [-0.25, -0.2) is 0 Å². The number of hydrogen-bond acceptors (Lipinski definition) is 3. The van der Waals surface area contributed by atoms with Gasteiger partial charge in [-0.1, -0.05) is 34.1 Å². The summed E-state index contributed by atoms with van der Waals surface area (Å²) in [7, 11) is 0. The fraction of sp³-hybridized carbons (Fsp3) is 1.00. The standard InChI is InChI=1S/C15H31NOS/c1-12(2)10-18-9-7-14-6-5-8-15(14,11-17)16-13(3)4/h12-14,16-17H,5-11H2,1-4H3. The lowest BCUT2D eigenvalue weighted by molar-refractivity contribution is 0.113. The SMILES string of the molecule is CC(C)CSCCC1CCCC1(CO)NC(C)C. The summed E-state index contributed by atoms with van der Waals surface area (Å²) in [4.78, 5) is 0. The molecule has 1 saturated carbocycles. The quantitative estimate of drug-likeness (QED) is 0.666. The lowest BCUT2D eigenvalue weighted by atomic mass is 9.85. The van der Waals surface area contributed by atoms with Gasteiger partial charge in [0, 0.05) is 11.6 Å². The molecule has 2 atom stereocenters. The summed E-state index contributed by atoms with van der Waals surface area (Å²) in [5, 5.41) is 13.5. The van der Waals surface area contributed by atoms with Crippen LogP contribution in [0.4, 0.5) is 0 Å². The Morgan fingerprint density at radius 1 is 1.33 bits per heavy atom. The molecule has 18 heavy (non-hydrogen) atoms. The van der Waals surface area contributed by atoms with Gasteiger partial charge >= 0.3 is 0 Å². The van der Waals surface area contributed by atoms with Crippen LogP contribution in [0.2, 0.25) is 0 Å². The first-order chi connectivity index (χ1) is 8.50. The van der Waals surface area contributed by atoms with Crippen LogP contribution < -0.4 is 5.32 Å². The Bertz CT molecular complexity index is 233. The van der Waals surface area contributed by atoms with Crippen molar-refractivity contribution in [2.45, 2.75) is 65.0 Å². The fourth-order valence-corrected chi connectivity index (χ4v) is 4.22. The number of aliphatic hydroxyl groups excluding tert-OH is 1. The Morgan fingerprint density at radius 2 is 2.06 bits per heavy atom. The van der Waals surface area contributed by atoms with E-state index in [0.29, 0.717) is 18.6 Å². The molecule has 0 aliphatic heterocycles. The number of hydrogen-bond donors (Lipinski definition) is 2. The van der Waals surface area contributed by atoms with Crippen LogP contribution in [0.15, 0.2) is 0 Å². The minimum absolute atomic E-state index is 0.00651. The van der Waals surface area contributed by atoms with Crippen LogP contribution in [0.1, 0.15) is 53.4 Å². The number of thioether (sulfide) groups is 1. The van der Waals surface area contributed by atoms with Gasteiger partial charge in [0.15, 0.2) is 0 Å². The zero-order valence-electron chi connectivity index (χ0n) is 12.5. The maximum absolute atomic E-state index is 9.81. The second kappa shape index (κ2) is 7.76.